The molecule has 3 nitrogen and oxygen atoms in total. The third kappa shape index (κ3) is 2.43. The Labute approximate surface area is 126 Å². The number of thiophene rings is 1. The van der Waals surface area contributed by atoms with E-state index in [1.165, 1.54) is 37.4 Å². The molecular weight excluding hydrogens is 266 g/mol. The van der Waals surface area contributed by atoms with Gasteiger partial charge in [0.15, 0.2) is 0 Å². The zero-order valence-electron chi connectivity index (χ0n) is 12.7. The lowest BCUT2D eigenvalue weighted by Gasteiger charge is -2.58. The summed E-state index contributed by atoms with van der Waals surface area (Å²) in [6, 6.07) is 4.96. The molecule has 2 atom stereocenters. The molecule has 20 heavy (non-hydrogen) atoms. The van der Waals surface area contributed by atoms with E-state index in [1.54, 1.807) is 0 Å². The smallest absolute Gasteiger partial charge is 0.0487 e. The molecule has 3 saturated heterocycles. The molecule has 1 aromatic heterocycles. The zero-order valence-corrected chi connectivity index (χ0v) is 13.5. The summed E-state index contributed by atoms with van der Waals surface area (Å²) in [6.07, 6.45) is 3.79. The van der Waals surface area contributed by atoms with Crippen LogP contribution in [0.25, 0.3) is 0 Å². The van der Waals surface area contributed by atoms with Gasteiger partial charge in [-0.3, -0.25) is 4.90 Å². The molecular formula is C16H27N3S. The predicted octanol–water partition coefficient (Wildman–Crippen LogP) is 2.03. The summed E-state index contributed by atoms with van der Waals surface area (Å²) in [5, 5.41) is 2.18. The third-order valence-electron chi connectivity index (χ3n) is 5.64. The Morgan fingerprint density at radius 2 is 2.25 bits per heavy atom. The fourth-order valence-electron chi connectivity index (χ4n) is 4.22. The average Bonchev–Trinajstić information content (AvgIpc) is 3.00. The molecule has 0 spiro atoms. The zero-order chi connectivity index (χ0) is 14.2. The van der Waals surface area contributed by atoms with E-state index in [0.29, 0.717) is 6.04 Å². The molecule has 3 aliphatic rings. The second-order valence-corrected chi connectivity index (χ2v) is 7.63. The van der Waals surface area contributed by atoms with Crippen molar-refractivity contribution in [2.24, 2.45) is 11.7 Å². The van der Waals surface area contributed by atoms with Crippen molar-refractivity contribution in [1.29, 1.82) is 0 Å². The number of rotatable bonds is 5. The predicted molar refractivity (Wildman–Crippen MR) is 86.2 cm³/mol. The lowest BCUT2D eigenvalue weighted by Crippen LogP contribution is -2.70. The van der Waals surface area contributed by atoms with E-state index >= 15 is 0 Å². The van der Waals surface area contributed by atoms with E-state index in [1.807, 2.05) is 11.3 Å². The van der Waals surface area contributed by atoms with E-state index in [9.17, 15) is 0 Å². The van der Waals surface area contributed by atoms with Crippen LogP contribution in [0.15, 0.2) is 17.5 Å². The topological polar surface area (TPSA) is 32.5 Å². The highest BCUT2D eigenvalue weighted by Gasteiger charge is 2.49. The van der Waals surface area contributed by atoms with Crippen LogP contribution in [0.1, 0.15) is 24.6 Å². The van der Waals surface area contributed by atoms with Gasteiger partial charge in [0.25, 0.3) is 0 Å². The molecule has 3 aliphatic heterocycles. The number of nitrogens with two attached hydrogens (primary N) is 1. The monoisotopic (exact) mass is 293 g/mol. The summed E-state index contributed by atoms with van der Waals surface area (Å²) >= 11 is 1.87. The highest BCUT2D eigenvalue weighted by molar-refractivity contribution is 7.09. The van der Waals surface area contributed by atoms with Gasteiger partial charge >= 0.3 is 0 Å². The minimum Gasteiger partial charge on any atom is -0.329 e. The summed E-state index contributed by atoms with van der Waals surface area (Å²) in [5.41, 5.74) is 6.47. The molecule has 112 valence electrons. The van der Waals surface area contributed by atoms with Crippen LogP contribution in [-0.2, 0) is 6.42 Å². The van der Waals surface area contributed by atoms with Gasteiger partial charge in [0, 0.05) is 29.5 Å². The van der Waals surface area contributed by atoms with E-state index in [4.69, 9.17) is 5.73 Å². The van der Waals surface area contributed by atoms with Gasteiger partial charge in [0.05, 0.1) is 0 Å². The SMILES string of the molecule is CC(Cc1cccs1)N(C)C1(CN)CN2CCC1CC2. The van der Waals surface area contributed by atoms with Crippen LogP contribution in [0.3, 0.4) is 0 Å². The van der Waals surface area contributed by atoms with E-state index in [2.05, 4.69) is 41.3 Å². The van der Waals surface area contributed by atoms with Crippen LogP contribution in [0.5, 0.6) is 0 Å². The maximum atomic E-state index is 6.27. The molecule has 0 saturated carbocycles. The molecule has 4 rings (SSSR count). The molecule has 0 aliphatic carbocycles. The van der Waals surface area contributed by atoms with Crippen LogP contribution < -0.4 is 5.73 Å². The van der Waals surface area contributed by atoms with Crippen molar-refractivity contribution in [3.05, 3.63) is 22.4 Å². The molecule has 0 amide bonds. The van der Waals surface area contributed by atoms with Gasteiger partial charge in [0.2, 0.25) is 0 Å². The van der Waals surface area contributed by atoms with Crippen molar-refractivity contribution in [1.82, 2.24) is 9.80 Å². The Bertz CT molecular complexity index is 425. The van der Waals surface area contributed by atoms with Crippen molar-refractivity contribution in [2.45, 2.75) is 37.8 Å². The fourth-order valence-corrected chi connectivity index (χ4v) is 5.04. The van der Waals surface area contributed by atoms with E-state index in [-0.39, 0.29) is 5.54 Å². The first-order valence-corrected chi connectivity index (χ1v) is 8.71. The summed E-state index contributed by atoms with van der Waals surface area (Å²) < 4.78 is 0. The Morgan fingerprint density at radius 3 is 2.75 bits per heavy atom. The number of piperidine rings is 3. The summed E-state index contributed by atoms with van der Waals surface area (Å²) in [6.45, 7) is 6.87. The number of nitrogens with zero attached hydrogens (tertiary/aromatic N) is 2. The molecule has 2 N–H and O–H groups in total. The first-order chi connectivity index (χ1) is 9.65. The molecule has 2 unspecified atom stereocenters. The highest BCUT2D eigenvalue weighted by Crippen LogP contribution is 2.39. The Morgan fingerprint density at radius 1 is 1.50 bits per heavy atom. The van der Waals surface area contributed by atoms with Gasteiger partial charge < -0.3 is 10.6 Å². The average molecular weight is 293 g/mol. The van der Waals surface area contributed by atoms with Crippen LogP contribution in [0.2, 0.25) is 0 Å². The van der Waals surface area contributed by atoms with Gasteiger partial charge in [-0.25, -0.2) is 0 Å². The van der Waals surface area contributed by atoms with Gasteiger partial charge in [-0.05, 0) is 63.7 Å². The van der Waals surface area contributed by atoms with Crippen molar-refractivity contribution >= 4 is 11.3 Å². The Hall–Kier alpha value is -0.420. The Kier molecular flexibility index (Phi) is 4.18. The fraction of sp³-hybridized carbons (Fsp3) is 0.750. The van der Waals surface area contributed by atoms with E-state index < -0.39 is 0 Å². The number of hydrogen-bond donors (Lipinski definition) is 1. The molecule has 0 aromatic carbocycles. The largest absolute Gasteiger partial charge is 0.329 e. The normalized spacial score (nSPS) is 34.6. The number of likely N-dealkylation sites (N-methyl/N-ethyl adjacent to an activating group) is 1. The molecule has 2 bridgehead atoms. The van der Waals surface area contributed by atoms with Crippen molar-refractivity contribution < 1.29 is 0 Å². The molecule has 4 heterocycles. The second kappa shape index (κ2) is 5.76. The summed E-state index contributed by atoms with van der Waals surface area (Å²) in [5.74, 6) is 0.785. The van der Waals surface area contributed by atoms with Gasteiger partial charge in [-0.2, -0.15) is 0 Å². The van der Waals surface area contributed by atoms with Crippen molar-refractivity contribution in [3.8, 4) is 0 Å². The van der Waals surface area contributed by atoms with Crippen LogP contribution in [0, 0.1) is 5.92 Å². The maximum absolute atomic E-state index is 6.27. The number of fused-ring (bicyclic) bond motifs is 3. The molecule has 3 fully saturated rings. The van der Waals surface area contributed by atoms with Crippen molar-refractivity contribution in [3.63, 3.8) is 0 Å². The molecule has 1 aromatic rings. The lowest BCUT2D eigenvalue weighted by molar-refractivity contribution is -0.0701. The first kappa shape index (κ1) is 14.5. The Balaban J connectivity index is 1.75. The van der Waals surface area contributed by atoms with Crippen LogP contribution in [0.4, 0.5) is 0 Å². The standard InChI is InChI=1S/C16H27N3S/c1-13(10-15-4-3-9-20-15)18(2)16(11-17)12-19-7-5-14(16)6-8-19/h3-4,9,13-14H,5-8,10-12,17H2,1-2H3. The van der Waals surface area contributed by atoms with Crippen LogP contribution >= 0.6 is 11.3 Å². The quantitative estimate of drug-likeness (QED) is 0.902. The lowest BCUT2D eigenvalue weighted by atomic mass is 9.71. The van der Waals surface area contributed by atoms with E-state index in [0.717, 1.165) is 18.9 Å². The number of hydrogen-bond acceptors (Lipinski definition) is 4. The molecule has 0 radical (unpaired) electrons. The minimum absolute atomic E-state index is 0.202. The molecule has 4 heteroatoms. The van der Waals surface area contributed by atoms with Crippen LogP contribution in [-0.4, -0.2) is 54.6 Å². The highest BCUT2D eigenvalue weighted by atomic mass is 32.1. The third-order valence-corrected chi connectivity index (χ3v) is 6.54. The van der Waals surface area contributed by atoms with Gasteiger partial charge in [-0.15, -0.1) is 11.3 Å². The van der Waals surface area contributed by atoms with Gasteiger partial charge in [0.1, 0.15) is 0 Å². The summed E-state index contributed by atoms with van der Waals surface area (Å²) in [4.78, 5) is 6.70. The van der Waals surface area contributed by atoms with Crippen molar-refractivity contribution in [2.75, 3.05) is 33.2 Å². The second-order valence-electron chi connectivity index (χ2n) is 6.60. The maximum Gasteiger partial charge on any atom is 0.0487 e. The first-order valence-electron chi connectivity index (χ1n) is 7.83. The van der Waals surface area contributed by atoms with Gasteiger partial charge in [-0.1, -0.05) is 6.07 Å². The summed E-state index contributed by atoms with van der Waals surface area (Å²) in [7, 11) is 2.30. The minimum atomic E-state index is 0.202.